The fourth-order valence-corrected chi connectivity index (χ4v) is 4.39. The Labute approximate surface area is 174 Å². The lowest BCUT2D eigenvalue weighted by molar-refractivity contribution is -0.141. The highest BCUT2D eigenvalue weighted by atomic mass is 32.2. The molecular weight excluding hydrogens is 406 g/mol. The van der Waals surface area contributed by atoms with E-state index in [1.54, 1.807) is 36.0 Å². The number of fused-ring (bicyclic) bond motifs is 2. The zero-order chi connectivity index (χ0) is 21.4. The molecule has 0 bridgehead atoms. The van der Waals surface area contributed by atoms with Crippen LogP contribution in [0.15, 0.2) is 45.1 Å². The molecule has 4 rings (SSSR count). The normalized spacial score (nSPS) is 11.3. The molecule has 3 aromatic heterocycles. The molecule has 1 aromatic carbocycles. The van der Waals surface area contributed by atoms with Crippen molar-refractivity contribution in [3.8, 4) is 0 Å². The van der Waals surface area contributed by atoms with Crippen molar-refractivity contribution in [2.24, 2.45) is 7.05 Å². The summed E-state index contributed by atoms with van der Waals surface area (Å²) in [5, 5.41) is 6.03. The zero-order valence-corrected chi connectivity index (χ0v) is 17.4. The molecule has 9 nitrogen and oxygen atoms in total. The molecule has 0 aliphatic heterocycles. The average molecular weight is 425 g/mol. The number of benzene rings is 1. The van der Waals surface area contributed by atoms with Crippen molar-refractivity contribution in [3.63, 3.8) is 0 Å². The van der Waals surface area contributed by atoms with E-state index in [-0.39, 0.29) is 17.7 Å². The number of carbonyl (C=O) groups excluding carboxylic acids is 1. The van der Waals surface area contributed by atoms with Gasteiger partial charge in [-0.15, -0.1) is 0 Å². The first kappa shape index (κ1) is 19.9. The minimum atomic E-state index is -0.544. The van der Waals surface area contributed by atoms with Gasteiger partial charge in [0.25, 0.3) is 5.56 Å². The monoisotopic (exact) mass is 425 g/mol. The average Bonchev–Trinajstić information content (AvgIpc) is 3.01. The van der Waals surface area contributed by atoms with Gasteiger partial charge in [0.15, 0.2) is 5.16 Å². The Kier molecular flexibility index (Phi) is 5.17. The molecular formula is C20H19N5O4S. The lowest BCUT2D eigenvalue weighted by atomic mass is 10.2. The number of nitrogens with zero attached hydrogens (tertiary/aromatic N) is 4. The Hall–Kier alpha value is -3.40. The second kappa shape index (κ2) is 7.79. The SMILES string of the molecule is COC(=O)Cn1c(SCc2cc(=O)[nH]c3c2c(C)nn3C)nc2ccccc2c1=O. The summed E-state index contributed by atoms with van der Waals surface area (Å²) in [6, 6.07) is 8.49. The van der Waals surface area contributed by atoms with E-state index in [0.29, 0.717) is 27.5 Å². The number of hydrogen-bond acceptors (Lipinski definition) is 7. The number of ether oxygens (including phenoxy) is 1. The lowest BCUT2D eigenvalue weighted by Gasteiger charge is -2.12. The summed E-state index contributed by atoms with van der Waals surface area (Å²) in [4.78, 5) is 44.4. The van der Waals surface area contributed by atoms with Crippen LogP contribution in [0.1, 0.15) is 11.3 Å². The highest BCUT2D eigenvalue weighted by Gasteiger charge is 2.17. The third-order valence-corrected chi connectivity index (χ3v) is 5.81. The molecule has 0 saturated heterocycles. The fourth-order valence-electron chi connectivity index (χ4n) is 3.42. The van der Waals surface area contributed by atoms with E-state index in [0.717, 1.165) is 16.6 Å². The lowest BCUT2D eigenvalue weighted by Crippen LogP contribution is -2.27. The molecule has 30 heavy (non-hydrogen) atoms. The Morgan fingerprint density at radius 1 is 1.27 bits per heavy atom. The first-order valence-electron chi connectivity index (χ1n) is 9.13. The molecule has 4 aromatic rings. The molecule has 0 aliphatic carbocycles. The molecule has 0 fully saturated rings. The second-order valence-corrected chi connectivity index (χ2v) is 7.70. The molecule has 0 spiro atoms. The predicted molar refractivity (Wildman–Crippen MR) is 114 cm³/mol. The number of para-hydroxylation sites is 1. The number of aromatic nitrogens is 5. The smallest absolute Gasteiger partial charge is 0.325 e. The number of H-pyrrole nitrogens is 1. The van der Waals surface area contributed by atoms with Crippen molar-refractivity contribution < 1.29 is 9.53 Å². The number of carbonyl (C=O) groups is 1. The number of aromatic amines is 1. The fraction of sp³-hybridized carbons (Fsp3) is 0.250. The Morgan fingerprint density at radius 2 is 2.03 bits per heavy atom. The van der Waals surface area contributed by atoms with Gasteiger partial charge in [-0.3, -0.25) is 23.6 Å². The summed E-state index contributed by atoms with van der Waals surface area (Å²) in [5.41, 5.74) is 2.18. The zero-order valence-electron chi connectivity index (χ0n) is 16.6. The van der Waals surface area contributed by atoms with Gasteiger partial charge in [0.05, 0.1) is 23.7 Å². The summed E-state index contributed by atoms with van der Waals surface area (Å²) in [7, 11) is 3.04. The largest absolute Gasteiger partial charge is 0.468 e. The molecule has 10 heteroatoms. The van der Waals surface area contributed by atoms with Gasteiger partial charge in [-0.25, -0.2) is 4.98 Å². The minimum Gasteiger partial charge on any atom is -0.468 e. The van der Waals surface area contributed by atoms with Crippen LogP contribution in [0.2, 0.25) is 0 Å². The van der Waals surface area contributed by atoms with Crippen LogP contribution >= 0.6 is 11.8 Å². The van der Waals surface area contributed by atoms with E-state index in [4.69, 9.17) is 4.74 Å². The molecule has 3 heterocycles. The molecule has 0 unspecified atom stereocenters. The van der Waals surface area contributed by atoms with Gasteiger partial charge >= 0.3 is 5.97 Å². The van der Waals surface area contributed by atoms with Gasteiger partial charge in [-0.05, 0) is 24.6 Å². The van der Waals surface area contributed by atoms with Crippen molar-refractivity contribution in [2.75, 3.05) is 7.11 Å². The molecule has 0 aliphatic rings. The maximum Gasteiger partial charge on any atom is 0.325 e. The number of esters is 1. The van der Waals surface area contributed by atoms with Crippen molar-refractivity contribution in [1.82, 2.24) is 24.3 Å². The van der Waals surface area contributed by atoms with Crippen LogP contribution in [0.3, 0.4) is 0 Å². The van der Waals surface area contributed by atoms with Gasteiger partial charge in [0.1, 0.15) is 12.2 Å². The maximum absolute atomic E-state index is 13.0. The highest BCUT2D eigenvalue weighted by Crippen LogP contribution is 2.27. The highest BCUT2D eigenvalue weighted by molar-refractivity contribution is 7.98. The van der Waals surface area contributed by atoms with Crippen LogP contribution in [0, 0.1) is 6.92 Å². The van der Waals surface area contributed by atoms with E-state index < -0.39 is 5.97 Å². The minimum absolute atomic E-state index is 0.237. The summed E-state index contributed by atoms with van der Waals surface area (Å²) in [5.74, 6) is -0.170. The number of nitrogens with one attached hydrogen (secondary N) is 1. The van der Waals surface area contributed by atoms with E-state index in [9.17, 15) is 14.4 Å². The number of rotatable bonds is 5. The number of hydrogen-bond donors (Lipinski definition) is 1. The number of thioether (sulfide) groups is 1. The third kappa shape index (κ3) is 3.50. The van der Waals surface area contributed by atoms with E-state index in [2.05, 4.69) is 15.1 Å². The van der Waals surface area contributed by atoms with Crippen LogP contribution in [0.4, 0.5) is 0 Å². The van der Waals surface area contributed by atoms with Crippen molar-refractivity contribution in [1.29, 1.82) is 0 Å². The Morgan fingerprint density at radius 3 is 2.80 bits per heavy atom. The number of aryl methyl sites for hydroxylation is 2. The van der Waals surface area contributed by atoms with E-state index >= 15 is 0 Å². The van der Waals surface area contributed by atoms with Gasteiger partial charge in [-0.2, -0.15) is 5.10 Å². The quantitative estimate of drug-likeness (QED) is 0.294. The van der Waals surface area contributed by atoms with Crippen molar-refractivity contribution in [3.05, 3.63) is 62.3 Å². The van der Waals surface area contributed by atoms with Gasteiger partial charge in [0, 0.05) is 24.3 Å². The number of methoxy groups -OCH3 is 1. The molecule has 0 amide bonds. The standard InChI is InChI=1S/C20H19N5O4S/c1-11-17-12(8-15(26)22-18(17)24(2)23-11)10-30-20-21-14-7-5-4-6-13(14)19(28)25(20)9-16(27)29-3/h4-8H,9-10H2,1-3H3,(H,22,26). The van der Waals surface area contributed by atoms with Crippen molar-refractivity contribution >= 4 is 39.7 Å². The Balaban J connectivity index is 1.80. The van der Waals surface area contributed by atoms with E-state index in [1.807, 2.05) is 6.92 Å². The van der Waals surface area contributed by atoms with Crippen LogP contribution in [0.5, 0.6) is 0 Å². The van der Waals surface area contributed by atoms with Crippen LogP contribution < -0.4 is 11.1 Å². The topological polar surface area (TPSA) is 112 Å². The summed E-state index contributed by atoms with van der Waals surface area (Å²) in [6.45, 7) is 1.63. The second-order valence-electron chi connectivity index (χ2n) is 6.76. The molecule has 154 valence electrons. The summed E-state index contributed by atoms with van der Waals surface area (Å²) < 4.78 is 7.67. The maximum atomic E-state index is 13.0. The molecule has 0 radical (unpaired) electrons. The van der Waals surface area contributed by atoms with Crippen LogP contribution in [-0.2, 0) is 28.9 Å². The number of pyridine rings is 1. The van der Waals surface area contributed by atoms with Crippen LogP contribution in [0.25, 0.3) is 21.9 Å². The third-order valence-electron chi connectivity index (χ3n) is 4.79. The summed E-state index contributed by atoms with van der Waals surface area (Å²) >= 11 is 1.28. The Bertz CT molecular complexity index is 1400. The molecule has 0 saturated carbocycles. The molecule has 1 N–H and O–H groups in total. The van der Waals surface area contributed by atoms with Crippen molar-refractivity contribution in [2.45, 2.75) is 24.4 Å². The van der Waals surface area contributed by atoms with E-state index in [1.165, 1.54) is 29.5 Å². The molecule has 0 atom stereocenters. The van der Waals surface area contributed by atoms with Crippen LogP contribution in [-0.4, -0.2) is 37.4 Å². The first-order valence-corrected chi connectivity index (χ1v) is 10.1. The van der Waals surface area contributed by atoms with Gasteiger partial charge < -0.3 is 9.72 Å². The van der Waals surface area contributed by atoms with Gasteiger partial charge in [0.2, 0.25) is 5.56 Å². The van der Waals surface area contributed by atoms with Gasteiger partial charge in [-0.1, -0.05) is 23.9 Å². The predicted octanol–water partition coefficient (Wildman–Crippen LogP) is 1.75. The first-order chi connectivity index (χ1) is 14.4. The summed E-state index contributed by atoms with van der Waals surface area (Å²) in [6.07, 6.45) is 0.